The van der Waals surface area contributed by atoms with Crippen molar-refractivity contribution in [3.63, 3.8) is 0 Å². The molecule has 1 aromatic rings. The van der Waals surface area contributed by atoms with E-state index in [0.29, 0.717) is 5.92 Å². The van der Waals surface area contributed by atoms with E-state index in [9.17, 15) is 4.79 Å². The Labute approximate surface area is 116 Å². The van der Waals surface area contributed by atoms with Crippen molar-refractivity contribution in [2.24, 2.45) is 0 Å². The Balaban J connectivity index is 2.29. The highest BCUT2D eigenvalue weighted by molar-refractivity contribution is 5.66. The molecule has 0 aliphatic rings. The summed E-state index contributed by atoms with van der Waals surface area (Å²) in [5, 5.41) is 8.59. The average Bonchev–Trinajstić information content (AvgIpc) is 2.36. The van der Waals surface area contributed by atoms with Gasteiger partial charge in [-0.1, -0.05) is 38.1 Å². The highest BCUT2D eigenvalue weighted by atomic mass is 16.4. The molecule has 3 heteroatoms. The fraction of sp³-hybridized carbons (Fsp3) is 0.562. The van der Waals surface area contributed by atoms with Crippen LogP contribution >= 0.6 is 0 Å². The standard InChI is InChI=1S/C16H25NO2/c1-13(2)15-8-6-14(7-9-15)10-12-17(3)11-4-5-16(18)19/h6-9,13H,4-5,10-12H2,1-3H3,(H,18,19). The number of rotatable bonds is 8. The average molecular weight is 263 g/mol. The molecule has 1 N–H and O–H groups in total. The van der Waals surface area contributed by atoms with E-state index in [2.05, 4.69) is 43.0 Å². The maximum absolute atomic E-state index is 10.4. The SMILES string of the molecule is CC(C)c1ccc(CCN(C)CCCC(=O)O)cc1. The van der Waals surface area contributed by atoms with Crippen molar-refractivity contribution in [2.45, 2.75) is 39.0 Å². The molecule has 0 radical (unpaired) electrons. The first-order chi connectivity index (χ1) is 8.99. The number of carbonyl (C=O) groups is 1. The zero-order chi connectivity index (χ0) is 14.3. The fourth-order valence-electron chi connectivity index (χ4n) is 2.00. The van der Waals surface area contributed by atoms with Crippen LogP contribution in [0.4, 0.5) is 0 Å². The second-order valence-electron chi connectivity index (χ2n) is 5.45. The molecule has 0 saturated heterocycles. The summed E-state index contributed by atoms with van der Waals surface area (Å²) in [5.41, 5.74) is 2.72. The Bertz CT molecular complexity index is 384. The molecule has 0 amide bonds. The van der Waals surface area contributed by atoms with Crippen molar-refractivity contribution < 1.29 is 9.90 Å². The van der Waals surface area contributed by atoms with Gasteiger partial charge in [0.1, 0.15) is 0 Å². The molecular weight excluding hydrogens is 238 g/mol. The number of aliphatic carboxylic acids is 1. The second kappa shape index (κ2) is 7.95. The van der Waals surface area contributed by atoms with E-state index < -0.39 is 5.97 Å². The van der Waals surface area contributed by atoms with Gasteiger partial charge in [-0.2, -0.15) is 0 Å². The van der Waals surface area contributed by atoms with E-state index in [1.54, 1.807) is 0 Å². The monoisotopic (exact) mass is 263 g/mol. The van der Waals surface area contributed by atoms with E-state index in [1.807, 2.05) is 7.05 Å². The molecule has 0 atom stereocenters. The maximum atomic E-state index is 10.4. The van der Waals surface area contributed by atoms with Gasteiger partial charge in [-0.25, -0.2) is 0 Å². The zero-order valence-corrected chi connectivity index (χ0v) is 12.2. The van der Waals surface area contributed by atoms with Crippen LogP contribution < -0.4 is 0 Å². The molecule has 0 saturated carbocycles. The van der Waals surface area contributed by atoms with Crippen LogP contribution in [0.2, 0.25) is 0 Å². The maximum Gasteiger partial charge on any atom is 0.303 e. The summed E-state index contributed by atoms with van der Waals surface area (Å²) in [6.07, 6.45) is 1.99. The van der Waals surface area contributed by atoms with Crippen molar-refractivity contribution in [3.05, 3.63) is 35.4 Å². The van der Waals surface area contributed by atoms with E-state index in [-0.39, 0.29) is 6.42 Å². The van der Waals surface area contributed by atoms with Crippen molar-refractivity contribution in [2.75, 3.05) is 20.1 Å². The number of carboxylic acids is 1. The molecule has 0 aromatic heterocycles. The summed E-state index contributed by atoms with van der Waals surface area (Å²) in [4.78, 5) is 12.6. The lowest BCUT2D eigenvalue weighted by Gasteiger charge is -2.16. The Morgan fingerprint density at radius 3 is 2.37 bits per heavy atom. The Morgan fingerprint density at radius 1 is 1.21 bits per heavy atom. The number of benzene rings is 1. The van der Waals surface area contributed by atoms with Crippen molar-refractivity contribution in [3.8, 4) is 0 Å². The van der Waals surface area contributed by atoms with Crippen LogP contribution in [0.3, 0.4) is 0 Å². The molecule has 0 unspecified atom stereocenters. The topological polar surface area (TPSA) is 40.5 Å². The normalized spacial score (nSPS) is 11.2. The van der Waals surface area contributed by atoms with Crippen molar-refractivity contribution in [1.82, 2.24) is 4.90 Å². The summed E-state index contributed by atoms with van der Waals surface area (Å²) in [6, 6.07) is 8.79. The van der Waals surface area contributed by atoms with Crippen molar-refractivity contribution >= 4 is 5.97 Å². The van der Waals surface area contributed by atoms with Gasteiger partial charge in [0.15, 0.2) is 0 Å². The minimum Gasteiger partial charge on any atom is -0.481 e. The summed E-state index contributed by atoms with van der Waals surface area (Å²) < 4.78 is 0. The molecule has 0 spiro atoms. The third-order valence-electron chi connectivity index (χ3n) is 3.36. The van der Waals surface area contributed by atoms with E-state index in [0.717, 1.165) is 25.9 Å². The molecule has 0 aliphatic carbocycles. The zero-order valence-electron chi connectivity index (χ0n) is 12.2. The van der Waals surface area contributed by atoms with Crippen LogP contribution in [0, 0.1) is 0 Å². The van der Waals surface area contributed by atoms with E-state index >= 15 is 0 Å². The van der Waals surface area contributed by atoms with Gasteiger partial charge in [-0.3, -0.25) is 4.79 Å². The van der Waals surface area contributed by atoms with Gasteiger partial charge in [0, 0.05) is 13.0 Å². The predicted octanol–water partition coefficient (Wildman–Crippen LogP) is 3.15. The van der Waals surface area contributed by atoms with Crippen LogP contribution in [0.15, 0.2) is 24.3 Å². The first kappa shape index (κ1) is 15.7. The van der Waals surface area contributed by atoms with Crippen LogP contribution in [-0.2, 0) is 11.2 Å². The third-order valence-corrected chi connectivity index (χ3v) is 3.36. The summed E-state index contributed by atoms with van der Waals surface area (Å²) in [7, 11) is 2.05. The number of likely N-dealkylation sites (N-methyl/N-ethyl adjacent to an activating group) is 1. The van der Waals surface area contributed by atoms with Gasteiger partial charge in [0.25, 0.3) is 0 Å². The number of carboxylic acid groups (broad SMARTS) is 1. The highest BCUT2D eigenvalue weighted by Crippen LogP contribution is 2.15. The number of hydrogen-bond acceptors (Lipinski definition) is 2. The lowest BCUT2D eigenvalue weighted by Crippen LogP contribution is -2.23. The minimum atomic E-state index is -0.710. The molecule has 0 heterocycles. The largest absolute Gasteiger partial charge is 0.481 e. The van der Waals surface area contributed by atoms with Gasteiger partial charge >= 0.3 is 5.97 Å². The van der Waals surface area contributed by atoms with Crippen molar-refractivity contribution in [1.29, 1.82) is 0 Å². The van der Waals surface area contributed by atoms with Crippen LogP contribution in [0.5, 0.6) is 0 Å². The fourth-order valence-corrected chi connectivity index (χ4v) is 2.00. The molecule has 0 aliphatic heterocycles. The van der Waals surface area contributed by atoms with Gasteiger partial charge in [-0.05, 0) is 43.5 Å². The lowest BCUT2D eigenvalue weighted by atomic mass is 10.0. The Kier molecular flexibility index (Phi) is 6.57. The van der Waals surface area contributed by atoms with E-state index in [4.69, 9.17) is 5.11 Å². The molecule has 3 nitrogen and oxygen atoms in total. The van der Waals surface area contributed by atoms with Crippen LogP contribution in [-0.4, -0.2) is 36.1 Å². The second-order valence-corrected chi connectivity index (χ2v) is 5.45. The summed E-state index contributed by atoms with van der Waals surface area (Å²) >= 11 is 0. The van der Waals surface area contributed by atoms with E-state index in [1.165, 1.54) is 11.1 Å². The van der Waals surface area contributed by atoms with Crippen LogP contribution in [0.1, 0.15) is 43.7 Å². The molecule has 0 fully saturated rings. The molecular formula is C16H25NO2. The first-order valence-corrected chi connectivity index (χ1v) is 6.98. The summed E-state index contributed by atoms with van der Waals surface area (Å²) in [5.74, 6) is -0.134. The molecule has 1 aromatic carbocycles. The van der Waals surface area contributed by atoms with Gasteiger partial charge in [0.05, 0.1) is 0 Å². The third kappa shape index (κ3) is 6.39. The smallest absolute Gasteiger partial charge is 0.303 e. The molecule has 19 heavy (non-hydrogen) atoms. The quantitative estimate of drug-likeness (QED) is 0.783. The number of nitrogens with zero attached hydrogens (tertiary/aromatic N) is 1. The van der Waals surface area contributed by atoms with Gasteiger partial charge < -0.3 is 10.0 Å². The minimum absolute atomic E-state index is 0.257. The Morgan fingerprint density at radius 2 is 1.84 bits per heavy atom. The predicted molar refractivity (Wildman–Crippen MR) is 78.6 cm³/mol. The molecule has 106 valence electrons. The lowest BCUT2D eigenvalue weighted by molar-refractivity contribution is -0.137. The number of hydrogen-bond donors (Lipinski definition) is 1. The highest BCUT2D eigenvalue weighted by Gasteiger charge is 2.03. The summed E-state index contributed by atoms with van der Waals surface area (Å²) in [6.45, 7) is 6.22. The van der Waals surface area contributed by atoms with Gasteiger partial charge in [-0.15, -0.1) is 0 Å². The molecule has 1 rings (SSSR count). The Hall–Kier alpha value is -1.35. The first-order valence-electron chi connectivity index (χ1n) is 6.98. The van der Waals surface area contributed by atoms with Gasteiger partial charge in [0.2, 0.25) is 0 Å². The van der Waals surface area contributed by atoms with Crippen LogP contribution in [0.25, 0.3) is 0 Å². The molecule has 0 bridgehead atoms.